The van der Waals surface area contributed by atoms with Gasteiger partial charge in [0.15, 0.2) is 0 Å². The molecule has 1 aromatic rings. The van der Waals surface area contributed by atoms with Crippen molar-refractivity contribution in [2.45, 2.75) is 25.8 Å². The Bertz CT molecular complexity index is 379. The van der Waals surface area contributed by atoms with Crippen molar-refractivity contribution in [2.75, 3.05) is 12.5 Å². The number of amides is 1. The van der Waals surface area contributed by atoms with Crippen LogP contribution in [0.5, 0.6) is 0 Å². The van der Waals surface area contributed by atoms with Crippen LogP contribution in [-0.2, 0) is 4.79 Å². The fraction of sp³-hybridized carbons (Fsp3) is 0.462. The molecule has 3 nitrogen and oxygen atoms in total. The van der Waals surface area contributed by atoms with E-state index in [2.05, 4.69) is 19.2 Å². The Morgan fingerprint density at radius 2 is 1.94 bits per heavy atom. The lowest BCUT2D eigenvalue weighted by atomic mass is 9.93. The SMILES string of the molecule is CC(C)c1ccccc1C(CO)NC(=O)CCl. The van der Waals surface area contributed by atoms with E-state index < -0.39 is 0 Å². The topological polar surface area (TPSA) is 49.3 Å². The Morgan fingerprint density at radius 1 is 1.35 bits per heavy atom. The van der Waals surface area contributed by atoms with Crippen LogP contribution in [0, 0.1) is 0 Å². The molecule has 0 spiro atoms. The summed E-state index contributed by atoms with van der Waals surface area (Å²) < 4.78 is 0. The van der Waals surface area contributed by atoms with Crippen molar-refractivity contribution < 1.29 is 9.90 Å². The average molecular weight is 256 g/mol. The normalized spacial score (nSPS) is 12.5. The summed E-state index contributed by atoms with van der Waals surface area (Å²) in [5.41, 5.74) is 2.07. The van der Waals surface area contributed by atoms with Gasteiger partial charge in [-0.25, -0.2) is 0 Å². The van der Waals surface area contributed by atoms with Crippen LogP contribution in [0.2, 0.25) is 0 Å². The quantitative estimate of drug-likeness (QED) is 0.793. The van der Waals surface area contributed by atoms with Gasteiger partial charge in [0.25, 0.3) is 0 Å². The van der Waals surface area contributed by atoms with Gasteiger partial charge in [-0.3, -0.25) is 4.79 Å². The molecule has 0 bridgehead atoms. The van der Waals surface area contributed by atoms with Gasteiger partial charge in [0.1, 0.15) is 5.88 Å². The minimum Gasteiger partial charge on any atom is -0.394 e. The molecular weight excluding hydrogens is 238 g/mol. The Kier molecular flexibility index (Phi) is 5.45. The number of halogens is 1. The second-order valence-electron chi connectivity index (χ2n) is 4.22. The number of alkyl halides is 1. The zero-order valence-electron chi connectivity index (χ0n) is 10.1. The van der Waals surface area contributed by atoms with Gasteiger partial charge in [-0.15, -0.1) is 11.6 Å². The maximum Gasteiger partial charge on any atom is 0.235 e. The van der Waals surface area contributed by atoms with Gasteiger partial charge < -0.3 is 10.4 Å². The second-order valence-corrected chi connectivity index (χ2v) is 4.49. The smallest absolute Gasteiger partial charge is 0.235 e. The largest absolute Gasteiger partial charge is 0.394 e. The van der Waals surface area contributed by atoms with Crippen LogP contribution in [0.1, 0.15) is 36.9 Å². The number of rotatable bonds is 5. The Labute approximate surface area is 107 Å². The van der Waals surface area contributed by atoms with Crippen LogP contribution in [-0.4, -0.2) is 23.5 Å². The van der Waals surface area contributed by atoms with E-state index in [0.717, 1.165) is 11.1 Å². The highest BCUT2D eigenvalue weighted by Gasteiger charge is 2.17. The highest BCUT2D eigenvalue weighted by Crippen LogP contribution is 2.24. The third-order valence-corrected chi connectivity index (χ3v) is 2.88. The molecule has 0 heterocycles. The van der Waals surface area contributed by atoms with E-state index in [1.807, 2.05) is 24.3 Å². The Morgan fingerprint density at radius 3 is 2.41 bits per heavy atom. The monoisotopic (exact) mass is 255 g/mol. The molecule has 1 amide bonds. The molecule has 94 valence electrons. The number of benzene rings is 1. The van der Waals surface area contributed by atoms with Crippen molar-refractivity contribution in [3.63, 3.8) is 0 Å². The molecule has 17 heavy (non-hydrogen) atoms. The van der Waals surface area contributed by atoms with Crippen LogP contribution in [0.25, 0.3) is 0 Å². The molecule has 0 aliphatic carbocycles. The summed E-state index contributed by atoms with van der Waals surface area (Å²) in [6.45, 7) is 4.03. The van der Waals surface area contributed by atoms with Gasteiger partial charge in [0, 0.05) is 0 Å². The van der Waals surface area contributed by atoms with E-state index in [0.29, 0.717) is 5.92 Å². The van der Waals surface area contributed by atoms with Crippen molar-refractivity contribution in [1.29, 1.82) is 0 Å². The number of carbonyl (C=O) groups is 1. The van der Waals surface area contributed by atoms with Crippen molar-refractivity contribution in [2.24, 2.45) is 0 Å². The third kappa shape index (κ3) is 3.72. The van der Waals surface area contributed by atoms with Crippen LogP contribution in [0.4, 0.5) is 0 Å². The fourth-order valence-electron chi connectivity index (χ4n) is 1.81. The number of aliphatic hydroxyl groups excluding tert-OH is 1. The molecule has 0 saturated carbocycles. The second kappa shape index (κ2) is 6.62. The summed E-state index contributed by atoms with van der Waals surface area (Å²) in [6.07, 6.45) is 0. The third-order valence-electron chi connectivity index (χ3n) is 2.63. The highest BCUT2D eigenvalue weighted by molar-refractivity contribution is 6.27. The van der Waals surface area contributed by atoms with E-state index in [4.69, 9.17) is 11.6 Å². The summed E-state index contributed by atoms with van der Waals surface area (Å²) in [5.74, 6) is -0.0298. The first-order valence-electron chi connectivity index (χ1n) is 5.65. The molecule has 2 N–H and O–H groups in total. The summed E-state index contributed by atoms with van der Waals surface area (Å²) >= 11 is 5.45. The van der Waals surface area contributed by atoms with E-state index in [9.17, 15) is 9.90 Å². The first-order chi connectivity index (χ1) is 8.10. The minimum absolute atomic E-state index is 0.0969. The van der Waals surface area contributed by atoms with E-state index >= 15 is 0 Å². The van der Waals surface area contributed by atoms with Gasteiger partial charge >= 0.3 is 0 Å². The molecule has 0 aliphatic heterocycles. The predicted molar refractivity (Wildman–Crippen MR) is 69.2 cm³/mol. The number of carbonyl (C=O) groups excluding carboxylic acids is 1. The van der Waals surface area contributed by atoms with Crippen LogP contribution >= 0.6 is 11.6 Å². The van der Waals surface area contributed by atoms with Crippen molar-refractivity contribution in [3.8, 4) is 0 Å². The molecule has 1 unspecified atom stereocenters. The molecule has 4 heteroatoms. The molecule has 0 fully saturated rings. The Hall–Kier alpha value is -1.06. The molecule has 1 rings (SSSR count). The molecular formula is C13H18ClNO2. The van der Waals surface area contributed by atoms with E-state index in [1.165, 1.54) is 0 Å². The number of hydrogen-bond acceptors (Lipinski definition) is 2. The van der Waals surface area contributed by atoms with Gasteiger partial charge in [-0.2, -0.15) is 0 Å². The summed E-state index contributed by atoms with van der Waals surface area (Å²) in [4.78, 5) is 11.3. The molecule has 1 atom stereocenters. The summed E-state index contributed by atoms with van der Waals surface area (Å²) in [5, 5.41) is 12.1. The van der Waals surface area contributed by atoms with Crippen LogP contribution < -0.4 is 5.32 Å². The van der Waals surface area contributed by atoms with Crippen LogP contribution in [0.3, 0.4) is 0 Å². The molecule has 0 saturated heterocycles. The first-order valence-corrected chi connectivity index (χ1v) is 6.18. The number of hydrogen-bond donors (Lipinski definition) is 2. The van der Waals surface area contributed by atoms with E-state index in [-0.39, 0.29) is 24.4 Å². The molecule has 1 aromatic carbocycles. The Balaban J connectivity index is 2.98. The van der Waals surface area contributed by atoms with E-state index in [1.54, 1.807) is 0 Å². The molecule has 0 aliphatic rings. The van der Waals surface area contributed by atoms with Gasteiger partial charge in [0.05, 0.1) is 12.6 Å². The molecule has 0 aromatic heterocycles. The highest BCUT2D eigenvalue weighted by atomic mass is 35.5. The summed E-state index contributed by atoms with van der Waals surface area (Å²) in [7, 11) is 0. The van der Waals surface area contributed by atoms with Gasteiger partial charge in [-0.1, -0.05) is 38.1 Å². The average Bonchev–Trinajstić information content (AvgIpc) is 2.35. The minimum atomic E-state index is -0.389. The van der Waals surface area contributed by atoms with Crippen LogP contribution in [0.15, 0.2) is 24.3 Å². The fourth-order valence-corrected chi connectivity index (χ4v) is 1.89. The standard InChI is InChI=1S/C13H18ClNO2/c1-9(2)10-5-3-4-6-11(10)12(8-16)15-13(17)7-14/h3-6,9,12,16H,7-8H2,1-2H3,(H,15,17). The predicted octanol–water partition coefficient (Wildman–Crippen LogP) is 2.20. The van der Waals surface area contributed by atoms with Crippen molar-refractivity contribution >= 4 is 17.5 Å². The lowest BCUT2D eigenvalue weighted by molar-refractivity contribution is -0.119. The first kappa shape index (κ1) is 14.0. The molecule has 0 radical (unpaired) electrons. The number of nitrogens with one attached hydrogen (secondary N) is 1. The lowest BCUT2D eigenvalue weighted by Crippen LogP contribution is -2.32. The maximum absolute atomic E-state index is 11.3. The lowest BCUT2D eigenvalue weighted by Gasteiger charge is -2.21. The number of aliphatic hydroxyl groups is 1. The van der Waals surface area contributed by atoms with Crippen molar-refractivity contribution in [3.05, 3.63) is 35.4 Å². The van der Waals surface area contributed by atoms with Crippen molar-refractivity contribution in [1.82, 2.24) is 5.32 Å². The van der Waals surface area contributed by atoms with Gasteiger partial charge in [-0.05, 0) is 17.0 Å². The summed E-state index contributed by atoms with van der Waals surface area (Å²) in [6, 6.07) is 7.40. The van der Waals surface area contributed by atoms with Gasteiger partial charge in [0.2, 0.25) is 5.91 Å². The zero-order valence-corrected chi connectivity index (χ0v) is 10.9. The maximum atomic E-state index is 11.3. The zero-order chi connectivity index (χ0) is 12.8.